The van der Waals surface area contributed by atoms with Crippen molar-refractivity contribution in [2.45, 2.75) is 52.2 Å². The van der Waals surface area contributed by atoms with E-state index in [1.54, 1.807) is 0 Å². The van der Waals surface area contributed by atoms with Crippen molar-refractivity contribution in [1.29, 1.82) is 0 Å². The van der Waals surface area contributed by atoms with Gasteiger partial charge in [0.25, 0.3) is 0 Å². The summed E-state index contributed by atoms with van der Waals surface area (Å²) in [5, 5.41) is 3.30. The standard InChI is InChI=1S/C19H23NO3.C2H6/c1-18-9-10-19(22-11-12-23-19)13-14(18)7-8-16(17(18)21)20-15-5-3-2-4-6-15;1-2/h2-6,8,14,20H,7,9-13H2,1H3;1-2H3. The third-order valence-electron chi connectivity index (χ3n) is 5.72. The molecule has 2 atom stereocenters. The summed E-state index contributed by atoms with van der Waals surface area (Å²) >= 11 is 0. The van der Waals surface area contributed by atoms with Crippen molar-refractivity contribution in [3.05, 3.63) is 42.1 Å². The van der Waals surface area contributed by atoms with Crippen LogP contribution >= 0.6 is 0 Å². The van der Waals surface area contributed by atoms with Gasteiger partial charge in [-0.1, -0.05) is 45.0 Å². The molecule has 0 radical (unpaired) electrons. The lowest BCUT2D eigenvalue weighted by Gasteiger charge is -2.48. The minimum atomic E-state index is -0.428. The monoisotopic (exact) mass is 343 g/mol. The molecular formula is C21H29NO3. The van der Waals surface area contributed by atoms with Gasteiger partial charge in [0.2, 0.25) is 0 Å². The molecule has 4 nitrogen and oxygen atoms in total. The number of fused-ring (bicyclic) bond motifs is 1. The second kappa shape index (κ2) is 7.30. The van der Waals surface area contributed by atoms with Crippen LogP contribution in [0.15, 0.2) is 42.1 Å². The van der Waals surface area contributed by atoms with E-state index in [4.69, 9.17) is 9.47 Å². The van der Waals surface area contributed by atoms with E-state index in [1.165, 1.54) is 0 Å². The number of carbonyl (C=O) groups excluding carboxylic acids is 1. The van der Waals surface area contributed by atoms with E-state index in [2.05, 4.69) is 18.3 Å². The fourth-order valence-electron chi connectivity index (χ4n) is 4.20. The Kier molecular flexibility index (Phi) is 5.30. The Morgan fingerprint density at radius 3 is 2.44 bits per heavy atom. The summed E-state index contributed by atoms with van der Waals surface area (Å²) in [4.78, 5) is 13.1. The summed E-state index contributed by atoms with van der Waals surface area (Å²) in [5.74, 6) is 0.0940. The highest BCUT2D eigenvalue weighted by atomic mass is 16.7. The van der Waals surface area contributed by atoms with Crippen LogP contribution in [0.2, 0.25) is 0 Å². The van der Waals surface area contributed by atoms with Crippen molar-refractivity contribution >= 4 is 11.5 Å². The summed E-state index contributed by atoms with van der Waals surface area (Å²) in [6.45, 7) is 7.46. The number of hydrogen-bond acceptors (Lipinski definition) is 4. The van der Waals surface area contributed by atoms with E-state index in [9.17, 15) is 4.79 Å². The molecule has 136 valence electrons. The van der Waals surface area contributed by atoms with E-state index in [1.807, 2.05) is 44.2 Å². The minimum absolute atomic E-state index is 0.227. The highest BCUT2D eigenvalue weighted by molar-refractivity contribution is 6.03. The number of ketones is 1. The summed E-state index contributed by atoms with van der Waals surface area (Å²) < 4.78 is 11.7. The molecule has 1 saturated heterocycles. The molecule has 1 aromatic carbocycles. The molecule has 4 heteroatoms. The molecule has 4 rings (SSSR count). The second-order valence-corrected chi connectivity index (χ2v) is 7.10. The zero-order valence-corrected chi connectivity index (χ0v) is 15.5. The number of hydrogen-bond donors (Lipinski definition) is 1. The Hall–Kier alpha value is -1.65. The Morgan fingerprint density at radius 1 is 1.08 bits per heavy atom. The van der Waals surface area contributed by atoms with Gasteiger partial charge in [-0.3, -0.25) is 4.79 Å². The molecule has 2 aliphatic carbocycles. The lowest BCUT2D eigenvalue weighted by atomic mass is 9.59. The van der Waals surface area contributed by atoms with Crippen LogP contribution in [0, 0.1) is 11.3 Å². The number of benzene rings is 1. The number of rotatable bonds is 2. The van der Waals surface area contributed by atoms with Gasteiger partial charge >= 0.3 is 0 Å². The smallest absolute Gasteiger partial charge is 0.184 e. The lowest BCUT2D eigenvalue weighted by Crippen LogP contribution is -2.50. The molecule has 25 heavy (non-hydrogen) atoms. The van der Waals surface area contributed by atoms with Crippen molar-refractivity contribution in [3.63, 3.8) is 0 Å². The number of carbonyl (C=O) groups is 1. The molecule has 1 aromatic rings. The molecule has 1 N–H and O–H groups in total. The van der Waals surface area contributed by atoms with E-state index < -0.39 is 5.79 Å². The molecule has 0 amide bonds. The van der Waals surface area contributed by atoms with Crippen molar-refractivity contribution < 1.29 is 14.3 Å². The number of para-hydroxylation sites is 1. The van der Waals surface area contributed by atoms with Gasteiger partial charge in [0.05, 0.1) is 18.9 Å². The quantitative estimate of drug-likeness (QED) is 0.857. The number of Topliss-reactive ketones (excluding diaryl/α,β-unsaturated/α-hetero) is 1. The van der Waals surface area contributed by atoms with Gasteiger partial charge < -0.3 is 14.8 Å². The molecule has 0 bridgehead atoms. The van der Waals surface area contributed by atoms with Crippen LogP contribution in [-0.4, -0.2) is 24.8 Å². The van der Waals surface area contributed by atoms with Crippen molar-refractivity contribution in [3.8, 4) is 0 Å². The maximum atomic E-state index is 13.1. The minimum Gasteiger partial charge on any atom is -0.353 e. The summed E-state index contributed by atoms with van der Waals surface area (Å²) in [5.41, 5.74) is 1.38. The summed E-state index contributed by atoms with van der Waals surface area (Å²) in [7, 11) is 0. The lowest BCUT2D eigenvalue weighted by molar-refractivity contribution is -0.205. The molecule has 2 unspecified atom stereocenters. The molecule has 2 fully saturated rings. The molecular weight excluding hydrogens is 314 g/mol. The number of ether oxygens (including phenoxy) is 2. The number of nitrogens with one attached hydrogen (secondary N) is 1. The van der Waals surface area contributed by atoms with Gasteiger partial charge in [-0.05, 0) is 30.9 Å². The largest absolute Gasteiger partial charge is 0.353 e. The van der Waals surface area contributed by atoms with Gasteiger partial charge in [0.15, 0.2) is 11.6 Å². The third kappa shape index (κ3) is 3.38. The van der Waals surface area contributed by atoms with Crippen LogP contribution < -0.4 is 5.32 Å². The van der Waals surface area contributed by atoms with Crippen molar-refractivity contribution in [2.24, 2.45) is 11.3 Å². The maximum absolute atomic E-state index is 13.1. The Labute approximate surface area is 150 Å². The highest BCUT2D eigenvalue weighted by Crippen LogP contribution is 2.52. The van der Waals surface area contributed by atoms with Crippen molar-refractivity contribution in [2.75, 3.05) is 18.5 Å². The van der Waals surface area contributed by atoms with Gasteiger partial charge in [-0.15, -0.1) is 0 Å². The van der Waals surface area contributed by atoms with Gasteiger partial charge in [-0.25, -0.2) is 0 Å². The Morgan fingerprint density at radius 2 is 1.76 bits per heavy atom. The van der Waals surface area contributed by atoms with Crippen LogP contribution in [0.1, 0.15) is 46.5 Å². The van der Waals surface area contributed by atoms with Crippen LogP contribution in [0.4, 0.5) is 5.69 Å². The van der Waals surface area contributed by atoms with Gasteiger partial charge in [0.1, 0.15) is 0 Å². The predicted molar refractivity (Wildman–Crippen MR) is 99.2 cm³/mol. The molecule has 1 spiro atoms. The zero-order chi connectivity index (χ0) is 17.9. The molecule has 1 saturated carbocycles. The Bertz CT molecular complexity index is 634. The van der Waals surface area contributed by atoms with Crippen LogP contribution in [0.3, 0.4) is 0 Å². The first-order valence-electron chi connectivity index (χ1n) is 9.46. The fourth-order valence-corrected chi connectivity index (χ4v) is 4.20. The topological polar surface area (TPSA) is 47.6 Å². The third-order valence-corrected chi connectivity index (χ3v) is 5.72. The first-order chi connectivity index (χ1) is 12.1. The molecule has 3 aliphatic rings. The van der Waals surface area contributed by atoms with Crippen LogP contribution in [-0.2, 0) is 14.3 Å². The van der Waals surface area contributed by atoms with Gasteiger partial charge in [0, 0.05) is 23.9 Å². The number of allylic oxidation sites excluding steroid dienone is 2. The first-order valence-corrected chi connectivity index (χ1v) is 9.46. The summed E-state index contributed by atoms with van der Waals surface area (Å²) in [6.07, 6.45) is 5.40. The summed E-state index contributed by atoms with van der Waals surface area (Å²) in [6, 6.07) is 9.89. The zero-order valence-electron chi connectivity index (χ0n) is 15.5. The molecule has 1 heterocycles. The second-order valence-electron chi connectivity index (χ2n) is 7.10. The van der Waals surface area contributed by atoms with Crippen LogP contribution in [0.5, 0.6) is 0 Å². The van der Waals surface area contributed by atoms with E-state index in [0.717, 1.165) is 37.1 Å². The fraction of sp³-hybridized carbons (Fsp3) is 0.571. The average Bonchev–Trinajstić information content (AvgIpc) is 3.11. The Balaban J connectivity index is 0.000000880. The van der Waals surface area contributed by atoms with E-state index in [0.29, 0.717) is 19.1 Å². The highest BCUT2D eigenvalue weighted by Gasteiger charge is 2.54. The normalized spacial score (nSPS) is 30.1. The predicted octanol–water partition coefficient (Wildman–Crippen LogP) is 4.53. The number of anilines is 1. The molecule has 1 aliphatic heterocycles. The molecule has 0 aromatic heterocycles. The first kappa shape index (κ1) is 18.2. The van der Waals surface area contributed by atoms with E-state index >= 15 is 0 Å². The van der Waals surface area contributed by atoms with E-state index in [-0.39, 0.29) is 11.2 Å². The van der Waals surface area contributed by atoms with Gasteiger partial charge in [-0.2, -0.15) is 0 Å². The van der Waals surface area contributed by atoms with Crippen molar-refractivity contribution in [1.82, 2.24) is 0 Å². The SMILES string of the molecule is CC.CC12CCC3(CC1CC=C(Nc1ccccc1)C2=O)OCCO3. The maximum Gasteiger partial charge on any atom is 0.184 e. The van der Waals surface area contributed by atoms with Crippen LogP contribution in [0.25, 0.3) is 0 Å². The average molecular weight is 343 g/mol.